The number of nitrogens with zero attached hydrogens (tertiary/aromatic N) is 1. The summed E-state index contributed by atoms with van der Waals surface area (Å²) in [4.78, 5) is 4.36. The van der Waals surface area contributed by atoms with Crippen LogP contribution in [0.4, 0.5) is 0 Å². The Hall–Kier alpha value is -0.790. The van der Waals surface area contributed by atoms with Crippen LogP contribution in [0.25, 0.3) is 0 Å². The molecule has 1 aromatic rings. The molecule has 0 unspecified atom stereocenters. The Kier molecular flexibility index (Phi) is 2.85. The lowest BCUT2D eigenvalue weighted by Crippen LogP contribution is -2.16. The Morgan fingerprint density at radius 1 is 1.40 bits per heavy atom. The second-order valence-electron chi connectivity index (χ2n) is 5.96. The molecule has 0 aliphatic heterocycles. The van der Waals surface area contributed by atoms with E-state index in [0.29, 0.717) is 0 Å². The molecule has 0 bridgehead atoms. The molecule has 0 amide bonds. The molecule has 15 heavy (non-hydrogen) atoms. The molecule has 1 aromatic heterocycles. The van der Waals surface area contributed by atoms with Crippen LogP contribution in [0.2, 0.25) is 0 Å². The highest BCUT2D eigenvalue weighted by atomic mass is 16.3. The van der Waals surface area contributed by atoms with E-state index in [2.05, 4.69) is 25.8 Å². The van der Waals surface area contributed by atoms with Crippen molar-refractivity contribution >= 4 is 0 Å². The largest absolute Gasteiger partial charge is 0.448 e. The predicted octanol–water partition coefficient (Wildman–Crippen LogP) is 3.61. The van der Waals surface area contributed by atoms with Crippen LogP contribution in [0.1, 0.15) is 51.5 Å². The van der Waals surface area contributed by atoms with Crippen molar-refractivity contribution < 1.29 is 4.42 Å². The molecule has 1 fully saturated rings. The molecule has 84 valence electrons. The van der Waals surface area contributed by atoms with Gasteiger partial charge in [0.2, 0.25) is 0 Å². The summed E-state index contributed by atoms with van der Waals surface area (Å²) >= 11 is 0. The van der Waals surface area contributed by atoms with Crippen LogP contribution in [0.3, 0.4) is 0 Å². The van der Waals surface area contributed by atoms with Gasteiger partial charge in [-0.2, -0.15) is 0 Å². The standard InChI is InChI=1S/C13H21NO/c1-13(2,3)8-12-11(14-9-15-12)7-10-5-4-6-10/h9-10H,4-8H2,1-3H3. The number of hydrogen-bond donors (Lipinski definition) is 0. The molecule has 0 aromatic carbocycles. The maximum atomic E-state index is 5.50. The summed E-state index contributed by atoms with van der Waals surface area (Å²) in [6, 6.07) is 0. The van der Waals surface area contributed by atoms with Gasteiger partial charge < -0.3 is 4.42 Å². The Balaban J connectivity index is 2.01. The number of hydrogen-bond acceptors (Lipinski definition) is 2. The lowest BCUT2D eigenvalue weighted by atomic mass is 9.81. The molecule has 1 saturated carbocycles. The first kappa shape index (κ1) is 10.7. The highest BCUT2D eigenvalue weighted by Crippen LogP contribution is 2.31. The second kappa shape index (κ2) is 3.99. The second-order valence-corrected chi connectivity index (χ2v) is 5.96. The summed E-state index contributed by atoms with van der Waals surface area (Å²) in [5, 5.41) is 0. The fourth-order valence-corrected chi connectivity index (χ4v) is 2.06. The third-order valence-corrected chi connectivity index (χ3v) is 3.12. The van der Waals surface area contributed by atoms with Crippen molar-refractivity contribution in [1.29, 1.82) is 0 Å². The van der Waals surface area contributed by atoms with Gasteiger partial charge in [0.25, 0.3) is 0 Å². The summed E-state index contributed by atoms with van der Waals surface area (Å²) in [5.74, 6) is 1.98. The van der Waals surface area contributed by atoms with Crippen LogP contribution in [-0.4, -0.2) is 4.98 Å². The van der Waals surface area contributed by atoms with Gasteiger partial charge >= 0.3 is 0 Å². The van der Waals surface area contributed by atoms with Gasteiger partial charge in [0.1, 0.15) is 5.76 Å². The van der Waals surface area contributed by atoms with E-state index in [9.17, 15) is 0 Å². The fourth-order valence-electron chi connectivity index (χ4n) is 2.06. The zero-order chi connectivity index (χ0) is 10.9. The predicted molar refractivity (Wildman–Crippen MR) is 60.7 cm³/mol. The molecule has 0 saturated heterocycles. The Morgan fingerprint density at radius 3 is 2.67 bits per heavy atom. The Labute approximate surface area is 92.1 Å². The van der Waals surface area contributed by atoms with Gasteiger partial charge in [-0.3, -0.25) is 0 Å². The van der Waals surface area contributed by atoms with E-state index in [0.717, 1.165) is 24.5 Å². The van der Waals surface area contributed by atoms with E-state index in [1.165, 1.54) is 25.0 Å². The molecule has 1 heterocycles. The summed E-state index contributed by atoms with van der Waals surface area (Å²) in [6.45, 7) is 6.72. The monoisotopic (exact) mass is 207 g/mol. The Bertz CT molecular complexity index is 318. The van der Waals surface area contributed by atoms with E-state index in [-0.39, 0.29) is 5.41 Å². The first-order valence-electron chi connectivity index (χ1n) is 5.96. The van der Waals surface area contributed by atoms with Gasteiger partial charge in [-0.15, -0.1) is 0 Å². The number of oxazole rings is 1. The van der Waals surface area contributed by atoms with E-state index in [4.69, 9.17) is 4.42 Å². The average molecular weight is 207 g/mol. The maximum Gasteiger partial charge on any atom is 0.181 e. The van der Waals surface area contributed by atoms with Crippen LogP contribution < -0.4 is 0 Å². The van der Waals surface area contributed by atoms with E-state index in [1.54, 1.807) is 6.39 Å². The first-order valence-corrected chi connectivity index (χ1v) is 5.96. The lowest BCUT2D eigenvalue weighted by molar-refractivity contribution is 0.306. The average Bonchev–Trinajstić information content (AvgIpc) is 2.42. The molecule has 2 rings (SSSR count). The van der Waals surface area contributed by atoms with Crippen molar-refractivity contribution in [3.63, 3.8) is 0 Å². The lowest BCUT2D eigenvalue weighted by Gasteiger charge is -2.25. The van der Waals surface area contributed by atoms with Gasteiger partial charge in [0, 0.05) is 6.42 Å². The molecule has 0 N–H and O–H groups in total. The summed E-state index contributed by atoms with van der Waals surface area (Å²) in [5.41, 5.74) is 1.49. The molecule has 2 nitrogen and oxygen atoms in total. The summed E-state index contributed by atoms with van der Waals surface area (Å²) in [6.07, 6.45) is 7.88. The molecule has 0 atom stereocenters. The van der Waals surface area contributed by atoms with Gasteiger partial charge in [-0.1, -0.05) is 40.0 Å². The molecule has 0 radical (unpaired) electrons. The van der Waals surface area contributed by atoms with Crippen molar-refractivity contribution in [2.75, 3.05) is 0 Å². The van der Waals surface area contributed by atoms with Gasteiger partial charge in [0.15, 0.2) is 6.39 Å². The van der Waals surface area contributed by atoms with Crippen LogP contribution in [0, 0.1) is 11.3 Å². The van der Waals surface area contributed by atoms with Crippen LogP contribution in [0.15, 0.2) is 10.8 Å². The SMILES string of the molecule is CC(C)(C)Cc1ocnc1CC1CCC1. The molecule has 1 aliphatic carbocycles. The fraction of sp³-hybridized carbons (Fsp3) is 0.769. The Morgan fingerprint density at radius 2 is 2.13 bits per heavy atom. The normalized spacial score (nSPS) is 17.8. The van der Waals surface area contributed by atoms with E-state index in [1.807, 2.05) is 0 Å². The number of aromatic nitrogens is 1. The molecule has 1 aliphatic rings. The van der Waals surface area contributed by atoms with Crippen molar-refractivity contribution in [3.05, 3.63) is 17.8 Å². The number of rotatable bonds is 3. The minimum Gasteiger partial charge on any atom is -0.448 e. The smallest absolute Gasteiger partial charge is 0.181 e. The summed E-state index contributed by atoms with van der Waals surface area (Å²) < 4.78 is 5.50. The highest BCUT2D eigenvalue weighted by molar-refractivity contribution is 5.10. The zero-order valence-electron chi connectivity index (χ0n) is 10.0. The quantitative estimate of drug-likeness (QED) is 0.756. The van der Waals surface area contributed by atoms with Crippen molar-refractivity contribution in [2.24, 2.45) is 11.3 Å². The van der Waals surface area contributed by atoms with Crippen LogP contribution >= 0.6 is 0 Å². The molecular formula is C13H21NO. The van der Waals surface area contributed by atoms with Crippen LogP contribution in [-0.2, 0) is 12.8 Å². The molecule has 0 spiro atoms. The van der Waals surface area contributed by atoms with Crippen molar-refractivity contribution in [3.8, 4) is 0 Å². The van der Waals surface area contributed by atoms with Crippen molar-refractivity contribution in [1.82, 2.24) is 4.98 Å². The van der Waals surface area contributed by atoms with Gasteiger partial charge in [-0.25, -0.2) is 4.98 Å². The molecular weight excluding hydrogens is 186 g/mol. The zero-order valence-corrected chi connectivity index (χ0v) is 10.0. The van der Waals surface area contributed by atoms with Crippen LogP contribution in [0.5, 0.6) is 0 Å². The topological polar surface area (TPSA) is 26.0 Å². The van der Waals surface area contributed by atoms with E-state index >= 15 is 0 Å². The van der Waals surface area contributed by atoms with Crippen molar-refractivity contribution in [2.45, 2.75) is 52.9 Å². The minimum atomic E-state index is 0.286. The summed E-state index contributed by atoms with van der Waals surface area (Å²) in [7, 11) is 0. The first-order chi connectivity index (χ1) is 7.04. The molecule has 2 heteroatoms. The minimum absolute atomic E-state index is 0.286. The van der Waals surface area contributed by atoms with Gasteiger partial charge in [0.05, 0.1) is 5.69 Å². The third kappa shape index (κ3) is 2.83. The maximum absolute atomic E-state index is 5.50. The van der Waals surface area contributed by atoms with E-state index < -0.39 is 0 Å². The highest BCUT2D eigenvalue weighted by Gasteiger charge is 2.23. The third-order valence-electron chi connectivity index (χ3n) is 3.12. The van der Waals surface area contributed by atoms with Gasteiger partial charge in [-0.05, 0) is 17.8 Å².